The maximum absolute atomic E-state index is 6.15. The summed E-state index contributed by atoms with van der Waals surface area (Å²) in [5.41, 5.74) is 6.05. The van der Waals surface area contributed by atoms with E-state index in [0.717, 1.165) is 31.6 Å². The summed E-state index contributed by atoms with van der Waals surface area (Å²) in [5.74, 6) is 1.42. The molecule has 1 fully saturated rings. The average molecular weight is 260 g/mol. The van der Waals surface area contributed by atoms with Crippen LogP contribution in [0.3, 0.4) is 0 Å². The highest BCUT2D eigenvalue weighted by Crippen LogP contribution is 2.37. The SMILES string of the molecule is CCC(C)(C)Cc1nc(C2(N)CCC2)no1.Cl. The van der Waals surface area contributed by atoms with Crippen molar-refractivity contribution >= 4 is 12.4 Å². The molecule has 5 heteroatoms. The van der Waals surface area contributed by atoms with Gasteiger partial charge in [-0.3, -0.25) is 0 Å². The minimum absolute atomic E-state index is 0. The van der Waals surface area contributed by atoms with Crippen molar-refractivity contribution in [2.45, 2.75) is 58.4 Å². The van der Waals surface area contributed by atoms with E-state index in [9.17, 15) is 0 Å². The van der Waals surface area contributed by atoms with Gasteiger partial charge in [0.15, 0.2) is 5.82 Å². The lowest BCUT2D eigenvalue weighted by Crippen LogP contribution is -2.44. The Balaban J connectivity index is 0.00000144. The summed E-state index contributed by atoms with van der Waals surface area (Å²) in [6.07, 6.45) is 5.04. The van der Waals surface area contributed by atoms with Gasteiger partial charge in [0.25, 0.3) is 0 Å². The first-order chi connectivity index (χ1) is 7.45. The fourth-order valence-corrected chi connectivity index (χ4v) is 1.84. The first-order valence-electron chi connectivity index (χ1n) is 6.07. The zero-order valence-electron chi connectivity index (χ0n) is 10.8. The highest BCUT2D eigenvalue weighted by Gasteiger charge is 2.39. The minimum Gasteiger partial charge on any atom is -0.339 e. The van der Waals surface area contributed by atoms with Crippen molar-refractivity contribution in [2.24, 2.45) is 11.1 Å². The molecule has 1 aromatic heterocycles. The second-order valence-corrected chi connectivity index (χ2v) is 5.72. The Bertz CT molecular complexity index is 372. The third kappa shape index (κ3) is 2.99. The zero-order chi connectivity index (χ0) is 11.8. The first-order valence-corrected chi connectivity index (χ1v) is 6.07. The van der Waals surface area contributed by atoms with Crippen LogP contribution >= 0.6 is 12.4 Å². The highest BCUT2D eigenvalue weighted by molar-refractivity contribution is 5.85. The molecule has 0 aliphatic heterocycles. The van der Waals surface area contributed by atoms with E-state index >= 15 is 0 Å². The molecule has 0 bridgehead atoms. The van der Waals surface area contributed by atoms with Crippen LogP contribution < -0.4 is 5.73 Å². The molecule has 0 atom stereocenters. The molecule has 2 N–H and O–H groups in total. The van der Waals surface area contributed by atoms with Gasteiger partial charge in [0.2, 0.25) is 5.89 Å². The van der Waals surface area contributed by atoms with Gasteiger partial charge in [-0.25, -0.2) is 0 Å². The summed E-state index contributed by atoms with van der Waals surface area (Å²) < 4.78 is 5.28. The predicted octanol–water partition coefficient (Wildman–Crippen LogP) is 2.81. The molecule has 17 heavy (non-hydrogen) atoms. The lowest BCUT2D eigenvalue weighted by Gasteiger charge is -2.34. The number of aromatic nitrogens is 2. The number of hydrogen-bond acceptors (Lipinski definition) is 4. The summed E-state index contributed by atoms with van der Waals surface area (Å²) >= 11 is 0. The van der Waals surface area contributed by atoms with E-state index in [-0.39, 0.29) is 23.4 Å². The maximum Gasteiger partial charge on any atom is 0.227 e. The van der Waals surface area contributed by atoms with Crippen LogP contribution in [0.15, 0.2) is 4.52 Å². The van der Waals surface area contributed by atoms with E-state index in [1.54, 1.807) is 0 Å². The topological polar surface area (TPSA) is 64.9 Å². The van der Waals surface area contributed by atoms with Crippen molar-refractivity contribution in [3.8, 4) is 0 Å². The molecular formula is C12H22ClN3O. The Kier molecular flexibility index (Phi) is 4.20. The van der Waals surface area contributed by atoms with Crippen molar-refractivity contribution in [1.82, 2.24) is 10.1 Å². The lowest BCUT2D eigenvalue weighted by atomic mass is 9.77. The largest absolute Gasteiger partial charge is 0.339 e. The Morgan fingerprint density at radius 1 is 1.41 bits per heavy atom. The third-order valence-corrected chi connectivity index (χ3v) is 3.75. The van der Waals surface area contributed by atoms with E-state index in [4.69, 9.17) is 10.3 Å². The smallest absolute Gasteiger partial charge is 0.227 e. The van der Waals surface area contributed by atoms with Crippen LogP contribution in [0.4, 0.5) is 0 Å². The number of nitrogens with zero attached hydrogens (tertiary/aromatic N) is 2. The van der Waals surface area contributed by atoms with Crippen LogP contribution in [-0.4, -0.2) is 10.1 Å². The minimum atomic E-state index is -0.307. The highest BCUT2D eigenvalue weighted by atomic mass is 35.5. The summed E-state index contributed by atoms with van der Waals surface area (Å²) in [6, 6.07) is 0. The molecule has 98 valence electrons. The molecule has 1 aromatic rings. The molecule has 0 spiro atoms. The van der Waals surface area contributed by atoms with Crippen LogP contribution in [0.2, 0.25) is 0 Å². The quantitative estimate of drug-likeness (QED) is 0.903. The standard InChI is InChI=1S/C12H21N3O.ClH/c1-4-11(2,3)8-9-14-10(15-16-9)12(13)6-5-7-12;/h4-8,13H2,1-3H3;1H. The van der Waals surface area contributed by atoms with Gasteiger partial charge >= 0.3 is 0 Å². The first kappa shape index (κ1) is 14.5. The van der Waals surface area contributed by atoms with Crippen molar-refractivity contribution in [3.63, 3.8) is 0 Å². The molecule has 0 aromatic carbocycles. The van der Waals surface area contributed by atoms with E-state index < -0.39 is 0 Å². The van der Waals surface area contributed by atoms with Gasteiger partial charge in [0.05, 0.1) is 5.54 Å². The second-order valence-electron chi connectivity index (χ2n) is 5.72. The summed E-state index contributed by atoms with van der Waals surface area (Å²) in [5, 5.41) is 4.02. The van der Waals surface area contributed by atoms with E-state index in [2.05, 4.69) is 30.9 Å². The number of rotatable bonds is 4. The Morgan fingerprint density at radius 3 is 2.53 bits per heavy atom. The second kappa shape index (κ2) is 4.94. The fourth-order valence-electron chi connectivity index (χ4n) is 1.84. The molecule has 1 aliphatic rings. The molecule has 0 saturated heterocycles. The number of hydrogen-bond donors (Lipinski definition) is 1. The predicted molar refractivity (Wildman–Crippen MR) is 69.0 cm³/mol. The van der Waals surface area contributed by atoms with Gasteiger partial charge in [0, 0.05) is 6.42 Å². The van der Waals surface area contributed by atoms with E-state index in [1.807, 2.05) is 0 Å². The summed E-state index contributed by atoms with van der Waals surface area (Å²) in [7, 11) is 0. The van der Waals surface area contributed by atoms with Gasteiger partial charge in [-0.05, 0) is 24.7 Å². The third-order valence-electron chi connectivity index (χ3n) is 3.75. The molecule has 1 saturated carbocycles. The van der Waals surface area contributed by atoms with Crippen molar-refractivity contribution in [1.29, 1.82) is 0 Å². The molecule has 1 aliphatic carbocycles. The number of halogens is 1. The monoisotopic (exact) mass is 259 g/mol. The van der Waals surface area contributed by atoms with Crippen LogP contribution in [0.1, 0.15) is 58.2 Å². The Labute approximate surface area is 109 Å². The average Bonchev–Trinajstić information content (AvgIpc) is 2.62. The Hall–Kier alpha value is -0.610. The van der Waals surface area contributed by atoms with Crippen molar-refractivity contribution < 1.29 is 4.52 Å². The molecular weight excluding hydrogens is 238 g/mol. The van der Waals surface area contributed by atoms with Crippen LogP contribution in [0.25, 0.3) is 0 Å². The Morgan fingerprint density at radius 2 is 2.06 bits per heavy atom. The van der Waals surface area contributed by atoms with E-state index in [0.29, 0.717) is 5.82 Å². The summed E-state index contributed by atoms with van der Waals surface area (Å²) in [4.78, 5) is 4.43. The number of nitrogens with two attached hydrogens (primary N) is 1. The molecule has 0 unspecified atom stereocenters. The van der Waals surface area contributed by atoms with Gasteiger partial charge in [-0.15, -0.1) is 12.4 Å². The van der Waals surface area contributed by atoms with Crippen LogP contribution in [-0.2, 0) is 12.0 Å². The summed E-state index contributed by atoms with van der Waals surface area (Å²) in [6.45, 7) is 6.59. The molecule has 0 radical (unpaired) electrons. The normalized spacial score (nSPS) is 18.4. The molecule has 2 rings (SSSR count). The zero-order valence-corrected chi connectivity index (χ0v) is 11.6. The van der Waals surface area contributed by atoms with Crippen LogP contribution in [0.5, 0.6) is 0 Å². The van der Waals surface area contributed by atoms with Crippen molar-refractivity contribution in [3.05, 3.63) is 11.7 Å². The molecule has 1 heterocycles. The lowest BCUT2D eigenvalue weighted by molar-refractivity contribution is 0.227. The van der Waals surface area contributed by atoms with Gasteiger partial charge in [0.1, 0.15) is 0 Å². The van der Waals surface area contributed by atoms with Gasteiger partial charge < -0.3 is 10.3 Å². The van der Waals surface area contributed by atoms with Crippen molar-refractivity contribution in [2.75, 3.05) is 0 Å². The van der Waals surface area contributed by atoms with Gasteiger partial charge in [-0.2, -0.15) is 4.98 Å². The fraction of sp³-hybridized carbons (Fsp3) is 0.833. The maximum atomic E-state index is 6.15. The molecule has 4 nitrogen and oxygen atoms in total. The van der Waals surface area contributed by atoms with Crippen LogP contribution in [0, 0.1) is 5.41 Å². The molecule has 0 amide bonds. The van der Waals surface area contributed by atoms with E-state index in [1.165, 1.54) is 6.42 Å². The van der Waals surface area contributed by atoms with Gasteiger partial charge in [-0.1, -0.05) is 32.3 Å².